The summed E-state index contributed by atoms with van der Waals surface area (Å²) in [6, 6.07) is 11.1. The van der Waals surface area contributed by atoms with Crippen molar-refractivity contribution in [1.82, 2.24) is 9.97 Å². The van der Waals surface area contributed by atoms with Crippen LogP contribution in [0.4, 0.5) is 0 Å². The zero-order chi connectivity index (χ0) is 15.5. The van der Waals surface area contributed by atoms with E-state index in [0.717, 1.165) is 29.4 Å². The van der Waals surface area contributed by atoms with Crippen molar-refractivity contribution >= 4 is 28.0 Å². The molecule has 22 heavy (non-hydrogen) atoms. The Morgan fingerprint density at radius 1 is 1.00 bits per heavy atom. The first-order valence-electron chi connectivity index (χ1n) is 7.62. The number of aromatic nitrogens is 2. The lowest BCUT2D eigenvalue weighted by Gasteiger charge is -2.08. The Morgan fingerprint density at radius 3 is 2.45 bits per heavy atom. The van der Waals surface area contributed by atoms with Gasteiger partial charge in [-0.05, 0) is 36.6 Å². The maximum Gasteiger partial charge on any atom is 0.337 e. The number of rotatable bonds is 5. The lowest BCUT2D eigenvalue weighted by atomic mass is 10.0. The Hall–Kier alpha value is -2.49. The number of nitrogens with zero attached hydrogens (tertiary/aromatic N) is 2. The lowest BCUT2D eigenvalue weighted by Crippen LogP contribution is -2.01. The van der Waals surface area contributed by atoms with Crippen molar-refractivity contribution in [2.45, 2.75) is 32.6 Å². The Labute approximate surface area is 128 Å². The fourth-order valence-corrected chi connectivity index (χ4v) is 2.72. The molecular weight excluding hydrogens is 276 g/mol. The average molecular weight is 294 g/mol. The van der Waals surface area contributed by atoms with Gasteiger partial charge in [0.2, 0.25) is 0 Å². The number of hydrogen-bond donors (Lipinski definition) is 1. The fourth-order valence-electron chi connectivity index (χ4n) is 2.72. The smallest absolute Gasteiger partial charge is 0.337 e. The van der Waals surface area contributed by atoms with Gasteiger partial charge in [0.15, 0.2) is 0 Å². The van der Waals surface area contributed by atoms with Crippen LogP contribution in [-0.4, -0.2) is 21.0 Å². The highest BCUT2D eigenvalue weighted by atomic mass is 16.4. The number of para-hydroxylation sites is 2. The van der Waals surface area contributed by atoms with Crippen molar-refractivity contribution in [1.29, 1.82) is 0 Å². The van der Waals surface area contributed by atoms with Crippen molar-refractivity contribution < 1.29 is 9.90 Å². The molecule has 1 heterocycles. The molecule has 3 rings (SSSR count). The lowest BCUT2D eigenvalue weighted by molar-refractivity contribution is 0.0699. The second-order valence-corrected chi connectivity index (χ2v) is 5.44. The van der Waals surface area contributed by atoms with Gasteiger partial charge in [0.05, 0.1) is 22.1 Å². The molecule has 1 N–H and O–H groups in total. The van der Waals surface area contributed by atoms with Crippen molar-refractivity contribution in [2.75, 3.05) is 0 Å². The van der Waals surface area contributed by atoms with E-state index in [1.165, 1.54) is 12.8 Å². The van der Waals surface area contributed by atoms with Gasteiger partial charge in [0.1, 0.15) is 5.52 Å². The van der Waals surface area contributed by atoms with E-state index < -0.39 is 5.97 Å². The van der Waals surface area contributed by atoms with Crippen LogP contribution in [0.25, 0.3) is 22.1 Å². The average Bonchev–Trinajstić information content (AvgIpc) is 2.52. The summed E-state index contributed by atoms with van der Waals surface area (Å²) in [6.07, 6.45) is 4.40. The van der Waals surface area contributed by atoms with Gasteiger partial charge in [-0.15, -0.1) is 0 Å². The summed E-state index contributed by atoms with van der Waals surface area (Å²) in [5.41, 5.74) is 4.07. The SMILES string of the molecule is CCCCCc1cccc2nc3cccc(C(=O)O)c3nc12. The van der Waals surface area contributed by atoms with E-state index in [4.69, 9.17) is 0 Å². The second kappa shape index (κ2) is 6.10. The minimum atomic E-state index is -0.970. The molecule has 0 fully saturated rings. The molecule has 4 heteroatoms. The molecule has 3 aromatic rings. The Morgan fingerprint density at radius 2 is 1.73 bits per heavy atom. The molecule has 0 saturated carbocycles. The van der Waals surface area contributed by atoms with Gasteiger partial charge in [-0.25, -0.2) is 14.8 Å². The summed E-state index contributed by atoms with van der Waals surface area (Å²) in [7, 11) is 0. The quantitative estimate of drug-likeness (QED) is 0.565. The number of fused-ring (bicyclic) bond motifs is 2. The molecule has 0 aliphatic rings. The van der Waals surface area contributed by atoms with Gasteiger partial charge in [-0.1, -0.05) is 38.0 Å². The van der Waals surface area contributed by atoms with Crippen molar-refractivity contribution in [2.24, 2.45) is 0 Å². The van der Waals surface area contributed by atoms with Gasteiger partial charge in [-0.3, -0.25) is 0 Å². The minimum absolute atomic E-state index is 0.204. The monoisotopic (exact) mass is 294 g/mol. The number of aromatic carboxylic acids is 1. The van der Waals surface area contributed by atoms with Crippen LogP contribution in [0.3, 0.4) is 0 Å². The van der Waals surface area contributed by atoms with Crippen LogP contribution < -0.4 is 0 Å². The highest BCUT2D eigenvalue weighted by molar-refractivity contribution is 6.02. The summed E-state index contributed by atoms with van der Waals surface area (Å²) in [5, 5.41) is 9.33. The third kappa shape index (κ3) is 2.64. The van der Waals surface area contributed by atoms with E-state index in [1.54, 1.807) is 18.2 Å². The molecule has 1 aromatic heterocycles. The van der Waals surface area contributed by atoms with Crippen LogP contribution >= 0.6 is 0 Å². The van der Waals surface area contributed by atoms with Crippen molar-refractivity contribution in [3.63, 3.8) is 0 Å². The molecule has 4 nitrogen and oxygen atoms in total. The minimum Gasteiger partial charge on any atom is -0.478 e. The van der Waals surface area contributed by atoms with Crippen LogP contribution in [0.15, 0.2) is 36.4 Å². The van der Waals surface area contributed by atoms with Gasteiger partial charge >= 0.3 is 5.97 Å². The van der Waals surface area contributed by atoms with Gasteiger partial charge in [-0.2, -0.15) is 0 Å². The molecule has 0 spiro atoms. The molecule has 0 aliphatic heterocycles. The number of benzene rings is 2. The molecule has 0 aliphatic carbocycles. The second-order valence-electron chi connectivity index (χ2n) is 5.44. The van der Waals surface area contributed by atoms with Crippen LogP contribution in [0.2, 0.25) is 0 Å². The molecule has 112 valence electrons. The molecule has 0 amide bonds. The van der Waals surface area contributed by atoms with Gasteiger partial charge in [0.25, 0.3) is 0 Å². The molecule has 0 unspecified atom stereocenters. The zero-order valence-corrected chi connectivity index (χ0v) is 12.5. The highest BCUT2D eigenvalue weighted by Gasteiger charge is 2.12. The topological polar surface area (TPSA) is 63.1 Å². The first kappa shape index (κ1) is 14.4. The number of unbranched alkanes of at least 4 members (excludes halogenated alkanes) is 2. The number of carboxylic acids is 1. The van der Waals surface area contributed by atoms with Gasteiger partial charge < -0.3 is 5.11 Å². The maximum absolute atomic E-state index is 11.4. The third-order valence-corrected chi connectivity index (χ3v) is 3.86. The number of hydrogen-bond acceptors (Lipinski definition) is 3. The van der Waals surface area contributed by atoms with Crippen LogP contribution in [0.1, 0.15) is 42.1 Å². The highest BCUT2D eigenvalue weighted by Crippen LogP contribution is 2.23. The molecule has 2 aromatic carbocycles. The first-order valence-corrected chi connectivity index (χ1v) is 7.62. The van der Waals surface area contributed by atoms with Crippen molar-refractivity contribution in [3.05, 3.63) is 47.5 Å². The summed E-state index contributed by atoms with van der Waals surface area (Å²) in [5.74, 6) is -0.970. The molecular formula is C18H18N2O2. The van der Waals surface area contributed by atoms with E-state index in [9.17, 15) is 9.90 Å². The maximum atomic E-state index is 11.4. The van der Waals surface area contributed by atoms with E-state index in [2.05, 4.69) is 23.0 Å². The Bertz CT molecular complexity index is 843. The van der Waals surface area contributed by atoms with E-state index in [-0.39, 0.29) is 5.56 Å². The molecule has 0 atom stereocenters. The molecule has 0 saturated heterocycles. The first-order chi connectivity index (χ1) is 10.7. The van der Waals surface area contributed by atoms with E-state index >= 15 is 0 Å². The summed E-state index contributed by atoms with van der Waals surface area (Å²) >= 11 is 0. The zero-order valence-electron chi connectivity index (χ0n) is 12.5. The van der Waals surface area contributed by atoms with Gasteiger partial charge in [0, 0.05) is 0 Å². The predicted octanol–water partition coefficient (Wildman–Crippen LogP) is 4.21. The summed E-state index contributed by atoms with van der Waals surface area (Å²) in [4.78, 5) is 20.6. The fraction of sp³-hybridized carbons (Fsp3) is 0.278. The number of aryl methyl sites for hydroxylation is 1. The Kier molecular flexibility index (Phi) is 4.00. The van der Waals surface area contributed by atoms with Crippen LogP contribution in [0, 0.1) is 0 Å². The molecule has 0 bridgehead atoms. The van der Waals surface area contributed by atoms with Crippen molar-refractivity contribution in [3.8, 4) is 0 Å². The van der Waals surface area contributed by atoms with E-state index in [1.807, 2.05) is 12.1 Å². The predicted molar refractivity (Wildman–Crippen MR) is 87.2 cm³/mol. The number of carbonyl (C=O) groups is 1. The normalized spacial score (nSPS) is 11.1. The standard InChI is InChI=1S/C18H18N2O2/c1-2-3-4-7-12-8-5-10-14-16(12)20-17-13(18(21)22)9-6-11-15(17)19-14/h5-6,8-11H,2-4,7H2,1H3,(H,21,22). The van der Waals surface area contributed by atoms with Crippen LogP contribution in [-0.2, 0) is 6.42 Å². The Balaban J connectivity index is 2.19. The van der Waals surface area contributed by atoms with E-state index in [0.29, 0.717) is 11.0 Å². The summed E-state index contributed by atoms with van der Waals surface area (Å²) < 4.78 is 0. The largest absolute Gasteiger partial charge is 0.478 e. The summed E-state index contributed by atoms with van der Waals surface area (Å²) in [6.45, 7) is 2.18. The number of carboxylic acid groups (broad SMARTS) is 1. The molecule has 0 radical (unpaired) electrons. The van der Waals surface area contributed by atoms with Crippen LogP contribution in [0.5, 0.6) is 0 Å². The third-order valence-electron chi connectivity index (χ3n) is 3.86.